The maximum atomic E-state index is 13.3. The molecule has 128 valence electrons. The molecule has 1 fully saturated rings. The molecule has 1 saturated heterocycles. The summed E-state index contributed by atoms with van der Waals surface area (Å²) in [5.41, 5.74) is 6.59. The Hall–Kier alpha value is -2.41. The molecule has 1 aromatic carbocycles. The molecule has 2 heterocycles. The molecule has 0 bridgehead atoms. The summed E-state index contributed by atoms with van der Waals surface area (Å²) < 4.78 is 13.3. The lowest BCUT2D eigenvalue weighted by Gasteiger charge is -2.41. The van der Waals surface area contributed by atoms with Crippen molar-refractivity contribution in [3.8, 4) is 0 Å². The fourth-order valence-corrected chi connectivity index (χ4v) is 3.24. The number of piperazine rings is 1. The summed E-state index contributed by atoms with van der Waals surface area (Å²) in [4.78, 5) is 31.1. The van der Waals surface area contributed by atoms with Gasteiger partial charge in [-0.3, -0.25) is 14.5 Å². The number of nitrogens with zero attached hydrogens (tertiary/aromatic N) is 2. The Morgan fingerprint density at radius 3 is 2.71 bits per heavy atom. The fraction of sp³-hybridized carbons (Fsp3) is 0.412. The standard InChI is InChI=1S/C17H21FN4O2/c1-10(2)22-6-5-21(9-15(22)16(19)23)17(24)14-8-11-7-12(18)3-4-13(11)20-14/h3-4,7-8,10,15,20H,5-6,9H2,1-2H3,(H2,19,23)/t15-/m1/s1. The van der Waals surface area contributed by atoms with Gasteiger partial charge in [-0.15, -0.1) is 0 Å². The number of halogens is 1. The van der Waals surface area contributed by atoms with E-state index in [0.717, 1.165) is 0 Å². The summed E-state index contributed by atoms with van der Waals surface area (Å²) in [6, 6.07) is 5.64. The summed E-state index contributed by atoms with van der Waals surface area (Å²) in [5, 5.41) is 0.644. The van der Waals surface area contributed by atoms with Gasteiger partial charge in [0.1, 0.15) is 17.6 Å². The number of aromatic nitrogens is 1. The van der Waals surface area contributed by atoms with Crippen molar-refractivity contribution in [2.75, 3.05) is 19.6 Å². The maximum absolute atomic E-state index is 13.3. The number of carbonyl (C=O) groups is 2. The first-order chi connectivity index (χ1) is 11.4. The van der Waals surface area contributed by atoms with Crippen LogP contribution in [0.2, 0.25) is 0 Å². The molecule has 24 heavy (non-hydrogen) atoms. The highest BCUT2D eigenvalue weighted by atomic mass is 19.1. The zero-order valence-corrected chi connectivity index (χ0v) is 13.8. The highest BCUT2D eigenvalue weighted by Gasteiger charge is 2.34. The Morgan fingerprint density at radius 1 is 1.29 bits per heavy atom. The van der Waals surface area contributed by atoms with Gasteiger partial charge < -0.3 is 15.6 Å². The van der Waals surface area contributed by atoms with Gasteiger partial charge in [-0.25, -0.2) is 4.39 Å². The first kappa shape index (κ1) is 16.4. The summed E-state index contributed by atoms with van der Waals surface area (Å²) in [6.45, 7) is 5.37. The third-order valence-corrected chi connectivity index (χ3v) is 4.51. The van der Waals surface area contributed by atoms with Gasteiger partial charge in [0.25, 0.3) is 5.91 Å². The van der Waals surface area contributed by atoms with Crippen LogP contribution >= 0.6 is 0 Å². The van der Waals surface area contributed by atoms with E-state index in [9.17, 15) is 14.0 Å². The van der Waals surface area contributed by atoms with E-state index in [1.54, 1.807) is 17.0 Å². The van der Waals surface area contributed by atoms with E-state index >= 15 is 0 Å². The van der Waals surface area contributed by atoms with Crippen molar-refractivity contribution in [2.45, 2.75) is 25.9 Å². The Morgan fingerprint density at radius 2 is 2.04 bits per heavy atom. The molecular weight excluding hydrogens is 311 g/mol. The van der Waals surface area contributed by atoms with E-state index in [2.05, 4.69) is 4.98 Å². The van der Waals surface area contributed by atoms with Gasteiger partial charge >= 0.3 is 0 Å². The van der Waals surface area contributed by atoms with E-state index in [4.69, 9.17) is 5.73 Å². The molecule has 1 aromatic heterocycles. The molecule has 3 rings (SSSR count). The van der Waals surface area contributed by atoms with Crippen molar-refractivity contribution in [3.63, 3.8) is 0 Å². The molecule has 3 N–H and O–H groups in total. The van der Waals surface area contributed by atoms with Crippen LogP contribution in [-0.2, 0) is 4.79 Å². The van der Waals surface area contributed by atoms with Crippen LogP contribution in [0, 0.1) is 5.82 Å². The Kier molecular flexibility index (Phi) is 4.28. The van der Waals surface area contributed by atoms with Crippen molar-refractivity contribution in [2.24, 2.45) is 5.73 Å². The second kappa shape index (κ2) is 6.24. The van der Waals surface area contributed by atoms with Gasteiger partial charge in [0.15, 0.2) is 0 Å². The quantitative estimate of drug-likeness (QED) is 0.889. The number of H-pyrrole nitrogens is 1. The largest absolute Gasteiger partial charge is 0.368 e. The van der Waals surface area contributed by atoms with Gasteiger partial charge in [0.05, 0.1) is 0 Å². The molecule has 0 unspecified atom stereocenters. The third-order valence-electron chi connectivity index (χ3n) is 4.51. The lowest BCUT2D eigenvalue weighted by Crippen LogP contribution is -2.61. The zero-order valence-electron chi connectivity index (χ0n) is 13.8. The minimum absolute atomic E-state index is 0.177. The maximum Gasteiger partial charge on any atom is 0.270 e. The smallest absolute Gasteiger partial charge is 0.270 e. The molecule has 2 aromatic rings. The van der Waals surface area contributed by atoms with Crippen molar-refractivity contribution in [1.29, 1.82) is 0 Å². The van der Waals surface area contributed by atoms with Gasteiger partial charge in [-0.2, -0.15) is 0 Å². The molecular formula is C17H21FN4O2. The van der Waals surface area contributed by atoms with Crippen LogP contribution in [0.3, 0.4) is 0 Å². The minimum Gasteiger partial charge on any atom is -0.368 e. The molecule has 0 radical (unpaired) electrons. The predicted molar refractivity (Wildman–Crippen MR) is 89.0 cm³/mol. The van der Waals surface area contributed by atoms with Crippen LogP contribution in [0.15, 0.2) is 24.3 Å². The fourth-order valence-electron chi connectivity index (χ4n) is 3.24. The number of aromatic amines is 1. The van der Waals surface area contributed by atoms with Crippen molar-refractivity contribution >= 4 is 22.7 Å². The number of primary amides is 1. The van der Waals surface area contributed by atoms with Crippen LogP contribution in [0.5, 0.6) is 0 Å². The minimum atomic E-state index is -0.496. The number of rotatable bonds is 3. The van der Waals surface area contributed by atoms with E-state index in [0.29, 0.717) is 29.7 Å². The summed E-state index contributed by atoms with van der Waals surface area (Å²) in [7, 11) is 0. The first-order valence-corrected chi connectivity index (χ1v) is 7.99. The second-order valence-electron chi connectivity index (χ2n) is 6.42. The highest BCUT2D eigenvalue weighted by Crippen LogP contribution is 2.20. The molecule has 6 nitrogen and oxygen atoms in total. The van der Waals surface area contributed by atoms with Crippen LogP contribution in [0.4, 0.5) is 4.39 Å². The van der Waals surface area contributed by atoms with Crippen molar-refractivity contribution in [3.05, 3.63) is 35.8 Å². The molecule has 2 amide bonds. The van der Waals surface area contributed by atoms with Crippen LogP contribution < -0.4 is 5.73 Å². The van der Waals surface area contributed by atoms with E-state index in [-0.39, 0.29) is 24.3 Å². The Balaban J connectivity index is 1.82. The third kappa shape index (κ3) is 2.99. The topological polar surface area (TPSA) is 82.4 Å². The van der Waals surface area contributed by atoms with Crippen LogP contribution in [-0.4, -0.2) is 58.3 Å². The number of benzene rings is 1. The van der Waals surface area contributed by atoms with Gasteiger partial charge in [-0.1, -0.05) is 0 Å². The number of nitrogens with two attached hydrogens (primary N) is 1. The van der Waals surface area contributed by atoms with E-state index < -0.39 is 11.9 Å². The number of carbonyl (C=O) groups excluding carboxylic acids is 2. The molecule has 0 spiro atoms. The van der Waals surface area contributed by atoms with Crippen LogP contribution in [0.1, 0.15) is 24.3 Å². The number of hydrogen-bond donors (Lipinski definition) is 2. The Bertz CT molecular complexity index is 786. The number of fused-ring (bicyclic) bond motifs is 1. The number of nitrogens with one attached hydrogen (secondary N) is 1. The second-order valence-corrected chi connectivity index (χ2v) is 6.42. The summed E-state index contributed by atoms with van der Waals surface area (Å²) >= 11 is 0. The van der Waals surface area contributed by atoms with Gasteiger partial charge in [-0.05, 0) is 38.1 Å². The SMILES string of the molecule is CC(C)N1CCN(C(=O)c2cc3cc(F)ccc3[nH]2)C[C@@H]1C(N)=O. The average Bonchev–Trinajstić information content (AvgIpc) is 2.96. The number of hydrogen-bond acceptors (Lipinski definition) is 3. The van der Waals surface area contributed by atoms with E-state index in [1.165, 1.54) is 12.1 Å². The van der Waals surface area contributed by atoms with Crippen LogP contribution in [0.25, 0.3) is 10.9 Å². The zero-order chi connectivity index (χ0) is 17.4. The number of amides is 2. The normalized spacial score (nSPS) is 19.2. The van der Waals surface area contributed by atoms with Gasteiger partial charge in [0.2, 0.25) is 5.91 Å². The molecule has 1 atom stereocenters. The lowest BCUT2D eigenvalue weighted by molar-refractivity contribution is -0.126. The monoisotopic (exact) mass is 332 g/mol. The molecule has 1 aliphatic rings. The predicted octanol–water partition coefficient (Wildman–Crippen LogP) is 1.33. The Labute approximate surface area is 139 Å². The molecule has 0 aliphatic carbocycles. The van der Waals surface area contributed by atoms with Crippen molar-refractivity contribution in [1.82, 2.24) is 14.8 Å². The highest BCUT2D eigenvalue weighted by molar-refractivity contribution is 5.98. The average molecular weight is 332 g/mol. The summed E-state index contributed by atoms with van der Waals surface area (Å²) in [5.74, 6) is -0.985. The van der Waals surface area contributed by atoms with E-state index in [1.807, 2.05) is 18.7 Å². The molecule has 7 heteroatoms. The molecule has 1 aliphatic heterocycles. The first-order valence-electron chi connectivity index (χ1n) is 7.99. The lowest BCUT2D eigenvalue weighted by atomic mass is 10.1. The summed E-state index contributed by atoms with van der Waals surface area (Å²) in [6.07, 6.45) is 0. The van der Waals surface area contributed by atoms with Gasteiger partial charge in [0, 0.05) is 36.6 Å². The van der Waals surface area contributed by atoms with Crippen molar-refractivity contribution < 1.29 is 14.0 Å². The molecule has 0 saturated carbocycles.